The predicted molar refractivity (Wildman–Crippen MR) is 189 cm³/mol. The minimum atomic E-state index is -1.02. The first-order valence-electron chi connectivity index (χ1n) is 18.7. The number of fused-ring (bicyclic) bond motifs is 6. The molecule has 45 heavy (non-hydrogen) atoms. The topological polar surface area (TPSA) is 17.8 Å². The molecule has 0 spiro atoms. The summed E-state index contributed by atoms with van der Waals surface area (Å²) in [5.41, 5.74) is 6.19. The molecule has 0 unspecified atom stereocenters. The highest BCUT2D eigenvalue weighted by Crippen LogP contribution is 2.51. The van der Waals surface area contributed by atoms with Crippen LogP contribution in [0.4, 0.5) is 0 Å². The van der Waals surface area contributed by atoms with E-state index in [4.69, 9.17) is 10.5 Å². The van der Waals surface area contributed by atoms with Gasteiger partial charge in [-0.2, -0.15) is 0 Å². The lowest BCUT2D eigenvalue weighted by Gasteiger charge is -2.23. The second-order valence-corrected chi connectivity index (χ2v) is 12.2. The first-order valence-corrected chi connectivity index (χ1v) is 15.2. The van der Waals surface area contributed by atoms with Gasteiger partial charge in [0.2, 0.25) is 0 Å². The van der Waals surface area contributed by atoms with E-state index in [-0.39, 0.29) is 53.4 Å². The molecular formula is C43H32N2. The maximum absolute atomic E-state index is 9.82. The second kappa shape index (κ2) is 9.51. The van der Waals surface area contributed by atoms with E-state index in [0.29, 0.717) is 22.3 Å². The quantitative estimate of drug-likeness (QED) is 0.189. The largest absolute Gasteiger partial charge is 0.297 e. The molecule has 0 aliphatic heterocycles. The monoisotopic (exact) mass is 583 g/mol. The maximum atomic E-state index is 9.82. The van der Waals surface area contributed by atoms with Gasteiger partial charge in [-0.15, -0.1) is 0 Å². The van der Waals surface area contributed by atoms with Gasteiger partial charge in [-0.05, 0) is 103 Å². The minimum Gasteiger partial charge on any atom is -0.297 e. The van der Waals surface area contributed by atoms with Crippen molar-refractivity contribution in [2.45, 2.75) is 26.2 Å². The van der Waals surface area contributed by atoms with Gasteiger partial charge in [0.05, 0.1) is 20.6 Å². The Bertz CT molecular complexity index is 2810. The van der Waals surface area contributed by atoms with Gasteiger partial charge in [-0.3, -0.25) is 4.57 Å². The third-order valence-electron chi connectivity index (χ3n) is 9.30. The fourth-order valence-electron chi connectivity index (χ4n) is 7.26. The van der Waals surface area contributed by atoms with Crippen molar-refractivity contribution in [3.8, 4) is 39.1 Å². The second-order valence-electron chi connectivity index (χ2n) is 12.2. The van der Waals surface area contributed by atoms with E-state index in [0.717, 1.165) is 55.2 Å². The van der Waals surface area contributed by atoms with Crippen molar-refractivity contribution in [2.24, 2.45) is 0 Å². The molecule has 0 bridgehead atoms. The molecule has 1 aromatic heterocycles. The molecule has 0 atom stereocenters. The predicted octanol–water partition coefficient (Wildman–Crippen LogP) is 11.3. The van der Waals surface area contributed by atoms with Crippen LogP contribution in [0, 0.1) is 6.92 Å². The number of hydrogen-bond donors (Lipinski definition) is 0. The number of para-hydroxylation sites is 2. The van der Waals surface area contributed by atoms with Gasteiger partial charge in [0.1, 0.15) is 5.82 Å². The van der Waals surface area contributed by atoms with Crippen LogP contribution in [0.3, 0.4) is 0 Å². The fourth-order valence-corrected chi connectivity index (χ4v) is 7.26. The van der Waals surface area contributed by atoms with Crippen LogP contribution in [0.15, 0.2) is 139 Å². The van der Waals surface area contributed by atoms with Gasteiger partial charge >= 0.3 is 0 Å². The van der Waals surface area contributed by atoms with Crippen LogP contribution in [-0.4, -0.2) is 9.55 Å². The molecule has 9 rings (SSSR count). The van der Waals surface area contributed by atoms with Gasteiger partial charge in [0.15, 0.2) is 0 Å². The van der Waals surface area contributed by atoms with E-state index in [1.807, 2.05) is 75.4 Å². The summed E-state index contributed by atoms with van der Waals surface area (Å²) in [6, 6.07) is 31.2. The molecule has 0 radical (unpaired) electrons. The Hall–Kier alpha value is -5.47. The summed E-state index contributed by atoms with van der Waals surface area (Å²) >= 11 is 0. The number of hydrogen-bond acceptors (Lipinski definition) is 1. The normalized spacial score (nSPS) is 15.6. The Kier molecular flexibility index (Phi) is 4.17. The number of imidazole rings is 1. The van der Waals surface area contributed by atoms with Gasteiger partial charge in [-0.1, -0.05) is 123 Å². The van der Waals surface area contributed by atoms with Crippen molar-refractivity contribution in [3.05, 3.63) is 156 Å². The smallest absolute Gasteiger partial charge is 0.111 e. The molecule has 214 valence electrons. The zero-order valence-corrected chi connectivity index (χ0v) is 25.1. The molecule has 0 saturated heterocycles. The third kappa shape index (κ3) is 3.72. The van der Waals surface area contributed by atoms with Crippen LogP contribution in [0.2, 0.25) is 0 Å². The molecule has 1 aliphatic rings. The molecule has 0 N–H and O–H groups in total. The van der Waals surface area contributed by atoms with Crippen molar-refractivity contribution >= 4 is 32.6 Å². The standard InChI is InChI=1S/C43H32N2/c1-27-44-39-21-10-11-22-40(39)45(27)30-14-12-13-28(25-30)41-33-16-4-6-18-35(33)42(36-19-7-5-17-34(36)41)29-23-24-32-31-15-8-9-20-37(31)43(2,3)38(32)26-29/h4-26H,1-3H3/i8D,9D,15D,20D,23D,24D,26D. The molecule has 8 aromatic rings. The molecule has 0 fully saturated rings. The van der Waals surface area contributed by atoms with Crippen molar-refractivity contribution in [1.29, 1.82) is 0 Å². The zero-order chi connectivity index (χ0) is 36.4. The van der Waals surface area contributed by atoms with Crippen molar-refractivity contribution < 1.29 is 9.60 Å². The summed E-state index contributed by atoms with van der Waals surface area (Å²) in [5.74, 6) is 0.884. The molecular weight excluding hydrogens is 544 g/mol. The van der Waals surface area contributed by atoms with E-state index >= 15 is 0 Å². The summed E-state index contributed by atoms with van der Waals surface area (Å²) in [5, 5.41) is 3.55. The molecule has 1 aliphatic carbocycles. The average molecular weight is 584 g/mol. The summed E-state index contributed by atoms with van der Waals surface area (Å²) in [7, 11) is 0. The number of benzene rings is 7. The van der Waals surface area contributed by atoms with Gasteiger partial charge < -0.3 is 0 Å². The SMILES string of the molecule is [2H]c1c([2H])c([2H])c2c(c1[2H])-c1c([2H])c([2H])c(-c3c4ccccc4c(-c4cccc(-n5c(C)nc6ccccc65)c4)c4ccccc34)c([2H])c1C2(C)C. The Labute approximate surface area is 273 Å². The number of aryl methyl sites for hydroxylation is 1. The fraction of sp³-hybridized carbons (Fsp3) is 0.0930. The van der Waals surface area contributed by atoms with E-state index in [1.54, 1.807) is 0 Å². The number of nitrogens with zero attached hydrogens (tertiary/aromatic N) is 2. The zero-order valence-electron chi connectivity index (χ0n) is 32.1. The van der Waals surface area contributed by atoms with E-state index in [1.165, 1.54) is 0 Å². The highest BCUT2D eigenvalue weighted by atomic mass is 15.1. The summed E-state index contributed by atoms with van der Waals surface area (Å²) in [4.78, 5) is 4.80. The van der Waals surface area contributed by atoms with E-state index in [2.05, 4.69) is 47.0 Å². The summed E-state index contributed by atoms with van der Waals surface area (Å²) in [6.07, 6.45) is 0. The van der Waals surface area contributed by atoms with Gasteiger partial charge in [-0.25, -0.2) is 4.98 Å². The van der Waals surface area contributed by atoms with Gasteiger partial charge in [0, 0.05) is 11.1 Å². The first kappa shape index (κ1) is 19.7. The Morgan fingerprint density at radius 2 is 1.24 bits per heavy atom. The van der Waals surface area contributed by atoms with Crippen LogP contribution < -0.4 is 0 Å². The Morgan fingerprint density at radius 3 is 1.98 bits per heavy atom. The minimum absolute atomic E-state index is 0.0570. The molecule has 0 saturated carbocycles. The van der Waals surface area contributed by atoms with Crippen molar-refractivity contribution in [2.75, 3.05) is 0 Å². The Balaban J connectivity index is 1.36. The van der Waals surface area contributed by atoms with Crippen LogP contribution >= 0.6 is 0 Å². The molecule has 1 heterocycles. The first-order chi connectivity index (χ1) is 24.9. The number of aromatic nitrogens is 2. The highest BCUT2D eigenvalue weighted by Gasteiger charge is 2.35. The van der Waals surface area contributed by atoms with Crippen LogP contribution in [0.25, 0.3) is 71.6 Å². The lowest BCUT2D eigenvalue weighted by molar-refractivity contribution is 0.660. The highest BCUT2D eigenvalue weighted by molar-refractivity contribution is 6.21. The van der Waals surface area contributed by atoms with Crippen LogP contribution in [0.5, 0.6) is 0 Å². The molecule has 2 heteroatoms. The number of rotatable bonds is 3. The van der Waals surface area contributed by atoms with Crippen LogP contribution in [0.1, 0.15) is 40.4 Å². The summed E-state index contributed by atoms with van der Waals surface area (Å²) in [6.45, 7) is 5.70. The Morgan fingerprint density at radius 1 is 0.622 bits per heavy atom. The molecule has 7 aromatic carbocycles. The lowest BCUT2D eigenvalue weighted by Crippen LogP contribution is -2.14. The third-order valence-corrected chi connectivity index (χ3v) is 9.30. The van der Waals surface area contributed by atoms with Crippen LogP contribution in [-0.2, 0) is 5.41 Å². The van der Waals surface area contributed by atoms with Crippen molar-refractivity contribution in [3.63, 3.8) is 0 Å². The van der Waals surface area contributed by atoms with E-state index < -0.39 is 5.41 Å². The maximum Gasteiger partial charge on any atom is 0.111 e. The summed E-state index contributed by atoms with van der Waals surface area (Å²) < 4.78 is 65.3. The van der Waals surface area contributed by atoms with Gasteiger partial charge in [0.25, 0.3) is 0 Å². The lowest BCUT2D eigenvalue weighted by atomic mass is 9.80. The molecule has 0 amide bonds. The average Bonchev–Trinajstić information content (AvgIpc) is 3.61. The van der Waals surface area contributed by atoms with E-state index in [9.17, 15) is 4.11 Å². The van der Waals surface area contributed by atoms with Crippen molar-refractivity contribution in [1.82, 2.24) is 9.55 Å². The molecule has 2 nitrogen and oxygen atoms in total.